The Kier molecular flexibility index (Phi) is 4.70. The SMILES string of the molecule is O=C(CCn1cncn1)N1CCOC(c2ccccc2Cl)C1. The van der Waals surface area contributed by atoms with Crippen molar-refractivity contribution in [2.24, 2.45) is 0 Å². The first kappa shape index (κ1) is 15.0. The lowest BCUT2D eigenvalue weighted by Gasteiger charge is -2.33. The molecular weight excluding hydrogens is 304 g/mol. The Balaban J connectivity index is 1.60. The molecule has 0 aliphatic carbocycles. The molecule has 0 saturated carbocycles. The van der Waals surface area contributed by atoms with E-state index in [4.69, 9.17) is 16.3 Å². The van der Waals surface area contributed by atoms with E-state index in [9.17, 15) is 4.79 Å². The second kappa shape index (κ2) is 6.89. The van der Waals surface area contributed by atoms with E-state index < -0.39 is 0 Å². The number of ether oxygens (including phenoxy) is 1. The lowest BCUT2D eigenvalue weighted by atomic mass is 10.1. The third-order valence-electron chi connectivity index (χ3n) is 3.69. The molecule has 22 heavy (non-hydrogen) atoms. The van der Waals surface area contributed by atoms with E-state index in [0.717, 1.165) is 5.56 Å². The molecule has 1 fully saturated rings. The van der Waals surface area contributed by atoms with Gasteiger partial charge < -0.3 is 9.64 Å². The molecule has 7 heteroatoms. The van der Waals surface area contributed by atoms with Crippen molar-refractivity contribution >= 4 is 17.5 Å². The maximum Gasteiger partial charge on any atom is 0.224 e. The average Bonchev–Trinajstić information content (AvgIpc) is 3.06. The highest BCUT2D eigenvalue weighted by Crippen LogP contribution is 2.28. The van der Waals surface area contributed by atoms with Crippen molar-refractivity contribution in [1.82, 2.24) is 19.7 Å². The number of hydrogen-bond donors (Lipinski definition) is 0. The minimum atomic E-state index is -0.169. The number of rotatable bonds is 4. The van der Waals surface area contributed by atoms with Crippen LogP contribution in [0.3, 0.4) is 0 Å². The van der Waals surface area contributed by atoms with E-state index in [-0.39, 0.29) is 12.0 Å². The van der Waals surface area contributed by atoms with Gasteiger partial charge in [-0.3, -0.25) is 9.48 Å². The summed E-state index contributed by atoms with van der Waals surface area (Å²) < 4.78 is 7.43. The molecule has 1 unspecified atom stereocenters. The predicted octanol–water partition coefficient (Wildman–Crippen LogP) is 1.92. The Labute approximate surface area is 133 Å². The summed E-state index contributed by atoms with van der Waals surface area (Å²) in [5.41, 5.74) is 0.929. The maximum absolute atomic E-state index is 12.3. The van der Waals surface area contributed by atoms with Gasteiger partial charge >= 0.3 is 0 Å². The second-order valence-electron chi connectivity index (χ2n) is 5.13. The Hall–Kier alpha value is -1.92. The van der Waals surface area contributed by atoms with E-state index in [1.165, 1.54) is 6.33 Å². The number of amides is 1. The molecule has 0 bridgehead atoms. The summed E-state index contributed by atoms with van der Waals surface area (Å²) in [6.07, 6.45) is 3.31. The van der Waals surface area contributed by atoms with Crippen LogP contribution in [0.5, 0.6) is 0 Å². The summed E-state index contributed by atoms with van der Waals surface area (Å²) in [5.74, 6) is 0.0934. The highest BCUT2D eigenvalue weighted by Gasteiger charge is 2.26. The van der Waals surface area contributed by atoms with Crippen LogP contribution in [-0.2, 0) is 16.1 Å². The van der Waals surface area contributed by atoms with Gasteiger partial charge in [-0.1, -0.05) is 29.8 Å². The standard InChI is InChI=1S/C15H17ClN4O2/c16-13-4-2-1-3-12(13)14-9-19(7-8-22-14)15(21)5-6-20-11-17-10-18-20/h1-4,10-11,14H,5-9H2. The highest BCUT2D eigenvalue weighted by molar-refractivity contribution is 6.31. The van der Waals surface area contributed by atoms with Gasteiger partial charge in [-0.15, -0.1) is 0 Å². The number of carbonyl (C=O) groups excluding carboxylic acids is 1. The van der Waals surface area contributed by atoms with Crippen LogP contribution in [0.4, 0.5) is 0 Å². The Morgan fingerprint density at radius 3 is 3.05 bits per heavy atom. The van der Waals surface area contributed by atoms with Gasteiger partial charge in [0.05, 0.1) is 19.7 Å². The molecule has 1 aromatic carbocycles. The molecule has 0 spiro atoms. The minimum Gasteiger partial charge on any atom is -0.370 e. The molecule has 1 saturated heterocycles. The number of halogens is 1. The van der Waals surface area contributed by atoms with Crippen LogP contribution in [0, 0.1) is 0 Å². The number of hydrogen-bond acceptors (Lipinski definition) is 4. The fourth-order valence-corrected chi connectivity index (χ4v) is 2.77. The fraction of sp³-hybridized carbons (Fsp3) is 0.400. The molecular formula is C15H17ClN4O2. The van der Waals surface area contributed by atoms with Crippen molar-refractivity contribution in [1.29, 1.82) is 0 Å². The summed E-state index contributed by atoms with van der Waals surface area (Å²) in [7, 11) is 0. The third-order valence-corrected chi connectivity index (χ3v) is 4.04. The monoisotopic (exact) mass is 320 g/mol. The van der Waals surface area contributed by atoms with Crippen LogP contribution in [0.2, 0.25) is 5.02 Å². The first-order chi connectivity index (χ1) is 10.7. The smallest absolute Gasteiger partial charge is 0.224 e. The lowest BCUT2D eigenvalue weighted by Crippen LogP contribution is -2.42. The molecule has 3 rings (SSSR count). The van der Waals surface area contributed by atoms with E-state index >= 15 is 0 Å². The quantitative estimate of drug-likeness (QED) is 0.863. The van der Waals surface area contributed by atoms with Gasteiger partial charge in [-0.25, -0.2) is 4.98 Å². The number of aromatic nitrogens is 3. The summed E-state index contributed by atoms with van der Waals surface area (Å²) in [6, 6.07) is 7.59. The molecule has 6 nitrogen and oxygen atoms in total. The number of morpholine rings is 1. The van der Waals surface area contributed by atoms with Crippen LogP contribution in [0.15, 0.2) is 36.9 Å². The van der Waals surface area contributed by atoms with Crippen LogP contribution >= 0.6 is 11.6 Å². The molecule has 1 aliphatic heterocycles. The summed E-state index contributed by atoms with van der Waals surface area (Å²) in [5, 5.41) is 4.67. The van der Waals surface area contributed by atoms with Crippen molar-refractivity contribution < 1.29 is 9.53 Å². The van der Waals surface area contributed by atoms with Crippen molar-refractivity contribution in [3.63, 3.8) is 0 Å². The van der Waals surface area contributed by atoms with Crippen LogP contribution in [0.1, 0.15) is 18.1 Å². The number of nitrogens with zero attached hydrogens (tertiary/aromatic N) is 4. The van der Waals surface area contributed by atoms with Gasteiger partial charge in [0.25, 0.3) is 0 Å². The molecule has 2 aromatic rings. The molecule has 1 amide bonds. The molecule has 2 heterocycles. The fourth-order valence-electron chi connectivity index (χ4n) is 2.52. The molecule has 1 aromatic heterocycles. The van der Waals surface area contributed by atoms with E-state index in [1.807, 2.05) is 29.2 Å². The molecule has 0 radical (unpaired) electrons. The van der Waals surface area contributed by atoms with Crippen molar-refractivity contribution in [3.8, 4) is 0 Å². The predicted molar refractivity (Wildman–Crippen MR) is 81.4 cm³/mol. The topological polar surface area (TPSA) is 60.2 Å². The lowest BCUT2D eigenvalue weighted by molar-refractivity contribution is -0.139. The van der Waals surface area contributed by atoms with Crippen molar-refractivity contribution in [2.45, 2.75) is 19.1 Å². The third kappa shape index (κ3) is 3.45. The molecule has 116 valence electrons. The zero-order chi connectivity index (χ0) is 15.4. The normalized spacial score (nSPS) is 18.4. The van der Waals surface area contributed by atoms with Gasteiger partial charge in [0.1, 0.15) is 18.8 Å². The minimum absolute atomic E-state index is 0.0934. The van der Waals surface area contributed by atoms with Gasteiger partial charge in [0.15, 0.2) is 0 Å². The van der Waals surface area contributed by atoms with Gasteiger partial charge in [-0.2, -0.15) is 5.10 Å². The van der Waals surface area contributed by atoms with Crippen molar-refractivity contribution in [3.05, 3.63) is 47.5 Å². The van der Waals surface area contributed by atoms with E-state index in [0.29, 0.717) is 37.7 Å². The Morgan fingerprint density at radius 2 is 2.27 bits per heavy atom. The van der Waals surface area contributed by atoms with E-state index in [2.05, 4.69) is 10.1 Å². The number of carbonyl (C=O) groups is 1. The van der Waals surface area contributed by atoms with E-state index in [1.54, 1.807) is 11.0 Å². The number of aryl methyl sites for hydroxylation is 1. The summed E-state index contributed by atoms with van der Waals surface area (Å²) in [4.78, 5) is 18.0. The largest absolute Gasteiger partial charge is 0.370 e. The molecule has 1 atom stereocenters. The van der Waals surface area contributed by atoms with Crippen molar-refractivity contribution in [2.75, 3.05) is 19.7 Å². The summed E-state index contributed by atoms with van der Waals surface area (Å²) >= 11 is 6.21. The Morgan fingerprint density at radius 1 is 1.41 bits per heavy atom. The Bertz CT molecular complexity index is 632. The molecule has 0 N–H and O–H groups in total. The van der Waals surface area contributed by atoms with Gasteiger partial charge in [-0.05, 0) is 6.07 Å². The summed E-state index contributed by atoms with van der Waals surface area (Å²) in [6.45, 7) is 2.19. The maximum atomic E-state index is 12.3. The van der Waals surface area contributed by atoms with Gasteiger partial charge in [0, 0.05) is 23.6 Å². The zero-order valence-corrected chi connectivity index (χ0v) is 12.8. The molecule has 1 aliphatic rings. The average molecular weight is 321 g/mol. The first-order valence-corrected chi connectivity index (χ1v) is 7.58. The first-order valence-electron chi connectivity index (χ1n) is 7.20. The van der Waals surface area contributed by atoms with Crippen LogP contribution in [0.25, 0.3) is 0 Å². The van der Waals surface area contributed by atoms with Crippen LogP contribution in [-0.4, -0.2) is 45.3 Å². The zero-order valence-electron chi connectivity index (χ0n) is 12.1. The van der Waals surface area contributed by atoms with Crippen LogP contribution < -0.4 is 0 Å². The number of benzene rings is 1. The highest BCUT2D eigenvalue weighted by atomic mass is 35.5. The van der Waals surface area contributed by atoms with Gasteiger partial charge in [0.2, 0.25) is 5.91 Å². The second-order valence-corrected chi connectivity index (χ2v) is 5.54.